The zero-order valence-corrected chi connectivity index (χ0v) is 24.5. The fraction of sp³-hybridized carbons (Fsp3) is 0.657. The third-order valence-electron chi connectivity index (χ3n) is 8.39. The molecule has 1 heterocycles. The SMILES string of the molecule is CCCCCCCC1CCC(c2ccc(-c3ccc(OCCCCCCCC(C)C)c(C#N)n3)cc2)CC1. The van der Waals surface area contributed by atoms with E-state index >= 15 is 0 Å². The van der Waals surface area contributed by atoms with Crippen LogP contribution < -0.4 is 4.74 Å². The molecule has 0 spiro atoms. The molecule has 38 heavy (non-hydrogen) atoms. The predicted octanol–water partition coefficient (Wildman–Crippen LogP) is 10.6. The Kier molecular flexibility index (Phi) is 13.7. The number of hydrogen-bond acceptors (Lipinski definition) is 3. The van der Waals surface area contributed by atoms with Gasteiger partial charge in [0.05, 0.1) is 12.3 Å². The first-order chi connectivity index (χ1) is 18.6. The molecule has 0 N–H and O–H groups in total. The fourth-order valence-corrected chi connectivity index (χ4v) is 5.92. The van der Waals surface area contributed by atoms with Gasteiger partial charge >= 0.3 is 0 Å². The van der Waals surface area contributed by atoms with Crippen molar-refractivity contribution in [2.45, 2.75) is 129 Å². The first-order valence-electron chi connectivity index (χ1n) is 15.7. The van der Waals surface area contributed by atoms with Crippen molar-refractivity contribution in [3.05, 3.63) is 47.7 Å². The Bertz CT molecular complexity index is 951. The lowest BCUT2D eigenvalue weighted by molar-refractivity contribution is 0.302. The molecule has 0 saturated heterocycles. The van der Waals surface area contributed by atoms with Gasteiger partial charge in [0.2, 0.25) is 0 Å². The Morgan fingerprint density at radius 2 is 1.53 bits per heavy atom. The summed E-state index contributed by atoms with van der Waals surface area (Å²) in [5, 5.41) is 9.67. The maximum absolute atomic E-state index is 9.67. The van der Waals surface area contributed by atoms with Crippen LogP contribution in [0.25, 0.3) is 11.3 Å². The molecule has 1 saturated carbocycles. The van der Waals surface area contributed by atoms with Crippen molar-refractivity contribution in [1.29, 1.82) is 5.26 Å². The van der Waals surface area contributed by atoms with Gasteiger partial charge < -0.3 is 4.74 Å². The number of nitrogens with zero attached hydrogens (tertiary/aromatic N) is 2. The van der Waals surface area contributed by atoms with Crippen LogP contribution in [0.15, 0.2) is 36.4 Å². The van der Waals surface area contributed by atoms with Crippen LogP contribution in [0.3, 0.4) is 0 Å². The molecule has 1 fully saturated rings. The lowest BCUT2D eigenvalue weighted by Crippen LogP contribution is -2.13. The van der Waals surface area contributed by atoms with E-state index < -0.39 is 0 Å². The van der Waals surface area contributed by atoms with Gasteiger partial charge in [-0.3, -0.25) is 0 Å². The van der Waals surface area contributed by atoms with Crippen LogP contribution in [0.2, 0.25) is 0 Å². The number of ether oxygens (including phenoxy) is 1. The summed E-state index contributed by atoms with van der Waals surface area (Å²) in [4.78, 5) is 4.63. The van der Waals surface area contributed by atoms with Crippen molar-refractivity contribution >= 4 is 0 Å². The zero-order chi connectivity index (χ0) is 27.0. The normalized spacial score (nSPS) is 17.4. The molecule has 0 atom stereocenters. The highest BCUT2D eigenvalue weighted by Crippen LogP contribution is 2.38. The van der Waals surface area contributed by atoms with Crippen molar-refractivity contribution in [3.63, 3.8) is 0 Å². The van der Waals surface area contributed by atoms with E-state index in [2.05, 4.69) is 56.1 Å². The maximum Gasteiger partial charge on any atom is 0.183 e. The van der Waals surface area contributed by atoms with E-state index in [-0.39, 0.29) is 0 Å². The predicted molar refractivity (Wildman–Crippen MR) is 160 cm³/mol. The zero-order valence-electron chi connectivity index (χ0n) is 24.5. The molecule has 0 aliphatic heterocycles. The molecule has 2 aromatic rings. The molecular formula is C35H52N2O. The van der Waals surface area contributed by atoms with E-state index in [1.54, 1.807) is 0 Å². The fourth-order valence-electron chi connectivity index (χ4n) is 5.92. The Balaban J connectivity index is 1.43. The van der Waals surface area contributed by atoms with E-state index in [9.17, 15) is 5.26 Å². The third-order valence-corrected chi connectivity index (χ3v) is 8.39. The minimum atomic E-state index is 0.386. The summed E-state index contributed by atoms with van der Waals surface area (Å²) in [7, 11) is 0. The van der Waals surface area contributed by atoms with Crippen molar-refractivity contribution in [2.24, 2.45) is 11.8 Å². The van der Waals surface area contributed by atoms with Gasteiger partial charge in [0.1, 0.15) is 6.07 Å². The van der Waals surface area contributed by atoms with E-state index in [0.717, 1.165) is 29.5 Å². The van der Waals surface area contributed by atoms with Crippen LogP contribution in [-0.2, 0) is 0 Å². The van der Waals surface area contributed by atoms with Gasteiger partial charge in [-0.2, -0.15) is 5.26 Å². The first kappa shape index (κ1) is 30.2. The monoisotopic (exact) mass is 516 g/mol. The summed E-state index contributed by atoms with van der Waals surface area (Å²) in [5.74, 6) is 3.04. The highest BCUT2D eigenvalue weighted by molar-refractivity contribution is 5.61. The average molecular weight is 517 g/mol. The number of nitriles is 1. The van der Waals surface area contributed by atoms with Crippen molar-refractivity contribution in [1.82, 2.24) is 4.98 Å². The number of benzene rings is 1. The van der Waals surface area contributed by atoms with Crippen LogP contribution in [0.5, 0.6) is 5.75 Å². The summed E-state index contributed by atoms with van der Waals surface area (Å²) in [6.45, 7) is 7.52. The lowest BCUT2D eigenvalue weighted by atomic mass is 9.77. The maximum atomic E-state index is 9.67. The minimum absolute atomic E-state index is 0.386. The van der Waals surface area contributed by atoms with Crippen LogP contribution >= 0.6 is 0 Å². The number of aromatic nitrogens is 1. The Morgan fingerprint density at radius 1 is 0.842 bits per heavy atom. The van der Waals surface area contributed by atoms with Gasteiger partial charge in [0.15, 0.2) is 11.4 Å². The van der Waals surface area contributed by atoms with Gasteiger partial charge in [-0.25, -0.2) is 4.98 Å². The largest absolute Gasteiger partial charge is 0.491 e. The molecule has 1 aliphatic rings. The molecule has 0 amide bonds. The Morgan fingerprint density at radius 3 is 2.24 bits per heavy atom. The summed E-state index contributed by atoms with van der Waals surface area (Å²) in [6, 6.07) is 15.1. The number of unbranched alkanes of at least 4 members (excludes halogenated alkanes) is 8. The molecule has 0 radical (unpaired) electrons. The first-order valence-corrected chi connectivity index (χ1v) is 15.7. The molecule has 3 heteroatoms. The van der Waals surface area contributed by atoms with Gasteiger partial charge in [0.25, 0.3) is 0 Å². The quantitative estimate of drug-likeness (QED) is 0.196. The summed E-state index contributed by atoms with van der Waals surface area (Å²) in [6.07, 6.45) is 21.2. The molecule has 1 aromatic heterocycles. The second kappa shape index (κ2) is 17.3. The molecule has 0 bridgehead atoms. The van der Waals surface area contributed by atoms with Crippen LogP contribution in [0.4, 0.5) is 0 Å². The van der Waals surface area contributed by atoms with E-state index in [4.69, 9.17) is 4.74 Å². The van der Waals surface area contributed by atoms with Crippen molar-refractivity contribution in [2.75, 3.05) is 6.61 Å². The molecular weight excluding hydrogens is 464 g/mol. The summed E-state index contributed by atoms with van der Waals surface area (Å²) >= 11 is 0. The van der Waals surface area contributed by atoms with E-state index in [1.807, 2.05) is 12.1 Å². The highest BCUT2D eigenvalue weighted by atomic mass is 16.5. The standard InChI is InChI=1S/C35H52N2O/c1-4-5-6-8-12-15-29-16-18-30(19-17-29)31-20-22-32(23-21-31)33-24-25-35(34(27-36)37-33)38-26-13-10-7-9-11-14-28(2)3/h20-25,28-30H,4-19,26H2,1-3H3. The molecule has 1 aromatic carbocycles. The molecule has 0 unspecified atom stereocenters. The topological polar surface area (TPSA) is 45.9 Å². The van der Waals surface area contributed by atoms with Crippen LogP contribution in [0, 0.1) is 23.2 Å². The smallest absolute Gasteiger partial charge is 0.183 e. The van der Waals surface area contributed by atoms with Crippen LogP contribution in [-0.4, -0.2) is 11.6 Å². The van der Waals surface area contributed by atoms with Gasteiger partial charge in [-0.05, 0) is 67.6 Å². The average Bonchev–Trinajstić information content (AvgIpc) is 2.94. The number of rotatable bonds is 17. The second-order valence-corrected chi connectivity index (χ2v) is 12.0. The summed E-state index contributed by atoms with van der Waals surface area (Å²) < 4.78 is 5.93. The Labute approximate surface area is 233 Å². The van der Waals surface area contributed by atoms with Crippen molar-refractivity contribution < 1.29 is 4.74 Å². The van der Waals surface area contributed by atoms with E-state index in [1.165, 1.54) is 102 Å². The number of hydrogen-bond donors (Lipinski definition) is 0. The van der Waals surface area contributed by atoms with Crippen molar-refractivity contribution in [3.8, 4) is 23.1 Å². The molecule has 3 rings (SSSR count). The van der Waals surface area contributed by atoms with E-state index in [0.29, 0.717) is 24.0 Å². The molecule has 208 valence electrons. The van der Waals surface area contributed by atoms with Gasteiger partial charge in [-0.1, -0.05) is 116 Å². The highest BCUT2D eigenvalue weighted by Gasteiger charge is 2.22. The van der Waals surface area contributed by atoms with Crippen LogP contribution in [0.1, 0.15) is 141 Å². The minimum Gasteiger partial charge on any atom is -0.491 e. The third kappa shape index (κ3) is 10.4. The number of pyridine rings is 1. The lowest BCUT2D eigenvalue weighted by Gasteiger charge is -2.29. The van der Waals surface area contributed by atoms with Gasteiger partial charge in [0, 0.05) is 5.56 Å². The second-order valence-electron chi connectivity index (χ2n) is 12.0. The summed E-state index contributed by atoms with van der Waals surface area (Å²) in [5.41, 5.74) is 3.76. The van der Waals surface area contributed by atoms with Gasteiger partial charge in [-0.15, -0.1) is 0 Å². The molecule has 3 nitrogen and oxygen atoms in total. The molecule has 1 aliphatic carbocycles. The Hall–Kier alpha value is -2.34.